The van der Waals surface area contributed by atoms with Gasteiger partial charge in [-0.15, -0.1) is 10.2 Å². The third kappa shape index (κ3) is 1.93. The van der Waals surface area contributed by atoms with Crippen LogP contribution in [0.1, 0.15) is 6.92 Å². The molecule has 0 spiro atoms. The average molecular weight is 253 g/mol. The van der Waals surface area contributed by atoms with Gasteiger partial charge in [0.1, 0.15) is 5.69 Å². The summed E-state index contributed by atoms with van der Waals surface area (Å²) in [5, 5.41) is 18.1. The predicted molar refractivity (Wildman–Crippen MR) is 76.0 cm³/mol. The minimum atomic E-state index is 0.794. The molecule has 5 heteroatoms. The zero-order valence-corrected chi connectivity index (χ0v) is 11.0. The molecule has 0 unspecified atom stereocenters. The van der Waals surface area contributed by atoms with E-state index in [4.69, 9.17) is 0 Å². The monoisotopic (exact) mass is 253 g/mol. The fraction of sp³-hybridized carbons (Fsp3) is 0.214. The lowest BCUT2D eigenvalue weighted by Crippen LogP contribution is -1.98. The summed E-state index contributed by atoms with van der Waals surface area (Å²) in [5.74, 6) is 0.794. The van der Waals surface area contributed by atoms with Crippen molar-refractivity contribution in [3.63, 3.8) is 0 Å². The normalized spacial score (nSPS) is 10.8. The van der Waals surface area contributed by atoms with E-state index in [-0.39, 0.29) is 0 Å². The first-order chi connectivity index (χ1) is 9.33. The third-order valence-corrected chi connectivity index (χ3v) is 3.15. The van der Waals surface area contributed by atoms with Gasteiger partial charge >= 0.3 is 0 Å². The first-order valence-electron chi connectivity index (χ1n) is 6.29. The molecular weight excluding hydrogens is 238 g/mol. The summed E-state index contributed by atoms with van der Waals surface area (Å²) < 4.78 is 1.89. The van der Waals surface area contributed by atoms with Crippen molar-refractivity contribution in [2.45, 2.75) is 13.5 Å². The first-order valence-corrected chi connectivity index (χ1v) is 6.29. The van der Waals surface area contributed by atoms with Crippen molar-refractivity contribution >= 4 is 16.6 Å². The van der Waals surface area contributed by atoms with Gasteiger partial charge in [0, 0.05) is 36.1 Å². The average Bonchev–Trinajstić information content (AvgIpc) is 2.95. The Bertz CT molecular complexity index is 717. The van der Waals surface area contributed by atoms with Gasteiger partial charge in [0.2, 0.25) is 0 Å². The highest BCUT2D eigenvalue weighted by Gasteiger charge is 2.11. The van der Waals surface area contributed by atoms with E-state index in [2.05, 4.69) is 33.6 Å². The quantitative estimate of drug-likeness (QED) is 0.779. The first kappa shape index (κ1) is 11.6. The van der Waals surface area contributed by atoms with Crippen LogP contribution < -0.4 is 5.32 Å². The van der Waals surface area contributed by atoms with E-state index in [0.717, 1.165) is 34.4 Å². The maximum absolute atomic E-state index is 4.33. The molecule has 2 heterocycles. The number of benzene rings is 1. The zero-order valence-electron chi connectivity index (χ0n) is 11.0. The number of rotatable bonds is 3. The Kier molecular flexibility index (Phi) is 2.87. The van der Waals surface area contributed by atoms with Gasteiger partial charge in [-0.05, 0) is 6.92 Å². The van der Waals surface area contributed by atoms with Crippen LogP contribution in [0, 0.1) is 0 Å². The highest BCUT2D eigenvalue weighted by molar-refractivity contribution is 5.99. The van der Waals surface area contributed by atoms with Gasteiger partial charge in [0.25, 0.3) is 0 Å². The van der Waals surface area contributed by atoms with Gasteiger partial charge in [0.15, 0.2) is 5.82 Å². The molecule has 3 aromatic rings. The van der Waals surface area contributed by atoms with E-state index in [9.17, 15) is 0 Å². The second-order valence-electron chi connectivity index (χ2n) is 4.28. The molecule has 5 nitrogen and oxygen atoms in total. The number of nitrogens with zero attached hydrogens (tertiary/aromatic N) is 4. The fourth-order valence-electron chi connectivity index (χ4n) is 2.16. The van der Waals surface area contributed by atoms with Gasteiger partial charge in [0.05, 0.1) is 6.20 Å². The molecular formula is C14H15N5. The number of nitrogens with one attached hydrogen (secondary N) is 1. The molecule has 19 heavy (non-hydrogen) atoms. The van der Waals surface area contributed by atoms with Crippen molar-refractivity contribution in [1.82, 2.24) is 20.0 Å². The molecule has 0 saturated carbocycles. The van der Waals surface area contributed by atoms with E-state index in [0.29, 0.717) is 0 Å². The maximum Gasteiger partial charge on any atom is 0.156 e. The predicted octanol–water partition coefficient (Wildman–Crippen LogP) is 2.55. The van der Waals surface area contributed by atoms with E-state index in [1.165, 1.54) is 0 Å². The lowest BCUT2D eigenvalue weighted by Gasteiger charge is -2.07. The second-order valence-corrected chi connectivity index (χ2v) is 4.28. The van der Waals surface area contributed by atoms with Crippen LogP contribution in [0.25, 0.3) is 22.0 Å². The van der Waals surface area contributed by atoms with Crippen LogP contribution in [0.2, 0.25) is 0 Å². The Hall–Kier alpha value is -2.43. The van der Waals surface area contributed by atoms with Crippen LogP contribution >= 0.6 is 0 Å². The van der Waals surface area contributed by atoms with Gasteiger partial charge in [-0.1, -0.05) is 24.3 Å². The van der Waals surface area contributed by atoms with Crippen LogP contribution in [-0.2, 0) is 6.54 Å². The molecule has 0 bridgehead atoms. The topological polar surface area (TPSA) is 55.6 Å². The standard InChI is InChI=1S/C14H15N5/c1-3-19-9-10(8-16-19)13-11-6-4-5-7-12(11)14(15-2)18-17-13/h4-9H,3H2,1-2H3,(H,15,18). The molecule has 1 aromatic carbocycles. The van der Waals surface area contributed by atoms with Crippen LogP contribution in [0.15, 0.2) is 36.7 Å². The Morgan fingerprint density at radius 2 is 1.95 bits per heavy atom. The van der Waals surface area contributed by atoms with Crippen molar-refractivity contribution in [3.05, 3.63) is 36.7 Å². The zero-order chi connectivity index (χ0) is 13.2. The molecule has 0 aliphatic heterocycles. The van der Waals surface area contributed by atoms with Gasteiger partial charge in [-0.25, -0.2) is 0 Å². The number of hydrogen-bond donors (Lipinski definition) is 1. The van der Waals surface area contributed by atoms with E-state index >= 15 is 0 Å². The van der Waals surface area contributed by atoms with Gasteiger partial charge in [-0.3, -0.25) is 4.68 Å². The smallest absolute Gasteiger partial charge is 0.156 e. The summed E-state index contributed by atoms with van der Waals surface area (Å²) in [4.78, 5) is 0. The molecule has 0 radical (unpaired) electrons. The maximum atomic E-state index is 4.33. The summed E-state index contributed by atoms with van der Waals surface area (Å²) in [5.41, 5.74) is 1.86. The number of aryl methyl sites for hydroxylation is 1. The number of anilines is 1. The molecule has 0 fully saturated rings. The Morgan fingerprint density at radius 3 is 2.63 bits per heavy atom. The summed E-state index contributed by atoms with van der Waals surface area (Å²) in [6.45, 7) is 2.91. The molecule has 96 valence electrons. The molecule has 0 saturated heterocycles. The third-order valence-electron chi connectivity index (χ3n) is 3.15. The lowest BCUT2D eigenvalue weighted by molar-refractivity contribution is 0.660. The minimum absolute atomic E-state index is 0.794. The molecule has 1 N–H and O–H groups in total. The summed E-state index contributed by atoms with van der Waals surface area (Å²) in [6.07, 6.45) is 3.83. The number of aromatic nitrogens is 4. The van der Waals surface area contributed by atoms with Crippen molar-refractivity contribution < 1.29 is 0 Å². The summed E-state index contributed by atoms with van der Waals surface area (Å²) >= 11 is 0. The highest BCUT2D eigenvalue weighted by Crippen LogP contribution is 2.28. The van der Waals surface area contributed by atoms with Crippen molar-refractivity contribution in [2.24, 2.45) is 0 Å². The molecule has 0 atom stereocenters. The minimum Gasteiger partial charge on any atom is -0.371 e. The molecule has 0 amide bonds. The Labute approximate surface area is 111 Å². The van der Waals surface area contributed by atoms with Crippen LogP contribution in [0.4, 0.5) is 5.82 Å². The number of fused-ring (bicyclic) bond motifs is 1. The van der Waals surface area contributed by atoms with E-state index in [1.807, 2.05) is 42.3 Å². The second kappa shape index (κ2) is 4.68. The number of hydrogen-bond acceptors (Lipinski definition) is 4. The molecule has 2 aromatic heterocycles. The summed E-state index contributed by atoms with van der Waals surface area (Å²) in [6, 6.07) is 8.12. The van der Waals surface area contributed by atoms with Crippen molar-refractivity contribution in [2.75, 3.05) is 12.4 Å². The Morgan fingerprint density at radius 1 is 1.16 bits per heavy atom. The van der Waals surface area contributed by atoms with Gasteiger partial charge in [-0.2, -0.15) is 5.10 Å². The molecule has 0 aliphatic carbocycles. The van der Waals surface area contributed by atoms with Crippen LogP contribution in [0.5, 0.6) is 0 Å². The van der Waals surface area contributed by atoms with E-state index in [1.54, 1.807) is 0 Å². The molecule has 3 rings (SSSR count). The van der Waals surface area contributed by atoms with Crippen molar-refractivity contribution in [3.8, 4) is 11.3 Å². The highest BCUT2D eigenvalue weighted by atomic mass is 15.3. The fourth-order valence-corrected chi connectivity index (χ4v) is 2.16. The largest absolute Gasteiger partial charge is 0.371 e. The molecule has 0 aliphatic rings. The Balaban J connectivity index is 2.24. The SMILES string of the molecule is CCn1cc(-c2nnc(NC)c3ccccc23)cn1. The summed E-state index contributed by atoms with van der Waals surface area (Å²) in [7, 11) is 1.85. The van der Waals surface area contributed by atoms with Gasteiger partial charge < -0.3 is 5.32 Å². The van der Waals surface area contributed by atoms with Crippen LogP contribution in [-0.4, -0.2) is 27.0 Å². The van der Waals surface area contributed by atoms with Crippen molar-refractivity contribution in [1.29, 1.82) is 0 Å². The van der Waals surface area contributed by atoms with E-state index < -0.39 is 0 Å². The van der Waals surface area contributed by atoms with Crippen LogP contribution in [0.3, 0.4) is 0 Å². The lowest BCUT2D eigenvalue weighted by atomic mass is 10.1.